The van der Waals surface area contributed by atoms with Crippen LogP contribution in [0.1, 0.15) is 39.5 Å². The fourth-order valence-electron chi connectivity index (χ4n) is 3.92. The lowest BCUT2D eigenvalue weighted by Gasteiger charge is -2.37. The van der Waals surface area contributed by atoms with Crippen molar-refractivity contribution in [2.75, 3.05) is 20.1 Å². The molecule has 1 aromatic rings. The Balaban J connectivity index is 1.81. The zero-order chi connectivity index (χ0) is 15.9. The quantitative estimate of drug-likeness (QED) is 0.857. The number of carbonyl (C=O) groups is 1. The van der Waals surface area contributed by atoms with Gasteiger partial charge in [-0.25, -0.2) is 0 Å². The van der Waals surface area contributed by atoms with E-state index in [1.54, 1.807) is 17.1 Å². The van der Waals surface area contributed by atoms with Crippen molar-refractivity contribution in [2.24, 2.45) is 0 Å². The van der Waals surface area contributed by atoms with Crippen molar-refractivity contribution in [1.29, 1.82) is 0 Å². The normalized spacial score (nSPS) is 26.8. The average Bonchev–Trinajstić information content (AvgIpc) is 3.17. The Morgan fingerprint density at radius 1 is 1.27 bits per heavy atom. The molecular weight excluding hydrogens is 300 g/mol. The molecule has 1 aromatic heterocycles. The largest absolute Gasteiger partial charge is 0.336 e. The third kappa shape index (κ3) is 2.65. The lowest BCUT2D eigenvalue weighted by atomic mass is 9.99. The van der Waals surface area contributed by atoms with Crippen LogP contribution in [-0.2, 0) is 10.3 Å². The van der Waals surface area contributed by atoms with Crippen molar-refractivity contribution in [1.82, 2.24) is 19.6 Å². The summed E-state index contributed by atoms with van der Waals surface area (Å²) >= 11 is 5.97. The molecule has 2 saturated heterocycles. The maximum atomic E-state index is 13.2. The number of likely N-dealkylation sites (N-methyl/N-ethyl adjacent to an activating group) is 1. The molecule has 0 saturated carbocycles. The van der Waals surface area contributed by atoms with Crippen molar-refractivity contribution in [3.63, 3.8) is 0 Å². The van der Waals surface area contributed by atoms with E-state index in [9.17, 15) is 4.79 Å². The van der Waals surface area contributed by atoms with E-state index in [1.807, 2.05) is 13.8 Å². The van der Waals surface area contributed by atoms with Gasteiger partial charge in [-0.15, -0.1) is 0 Å². The van der Waals surface area contributed by atoms with Gasteiger partial charge in [0.15, 0.2) is 0 Å². The van der Waals surface area contributed by atoms with Crippen LogP contribution in [-0.4, -0.2) is 57.7 Å². The first-order valence-electron chi connectivity index (χ1n) is 8.13. The van der Waals surface area contributed by atoms with Crippen LogP contribution in [0.3, 0.4) is 0 Å². The van der Waals surface area contributed by atoms with Gasteiger partial charge in [0.25, 0.3) is 0 Å². The van der Waals surface area contributed by atoms with E-state index in [4.69, 9.17) is 11.6 Å². The summed E-state index contributed by atoms with van der Waals surface area (Å²) in [5.41, 5.74) is -0.701. The molecule has 5 nitrogen and oxygen atoms in total. The van der Waals surface area contributed by atoms with Crippen molar-refractivity contribution in [3.05, 3.63) is 17.4 Å². The second kappa shape index (κ2) is 5.85. The Morgan fingerprint density at radius 2 is 1.95 bits per heavy atom. The third-order valence-corrected chi connectivity index (χ3v) is 5.42. The highest BCUT2D eigenvalue weighted by Crippen LogP contribution is 2.32. The van der Waals surface area contributed by atoms with Gasteiger partial charge in [-0.1, -0.05) is 11.6 Å². The average molecular weight is 325 g/mol. The molecule has 0 aromatic carbocycles. The molecule has 3 rings (SSSR count). The predicted octanol–water partition coefficient (Wildman–Crippen LogP) is 2.36. The molecule has 0 radical (unpaired) electrons. The van der Waals surface area contributed by atoms with Gasteiger partial charge < -0.3 is 9.80 Å². The first-order valence-corrected chi connectivity index (χ1v) is 8.51. The molecule has 2 fully saturated rings. The Bertz CT molecular complexity index is 556. The number of hydrogen-bond acceptors (Lipinski definition) is 3. The summed E-state index contributed by atoms with van der Waals surface area (Å²) in [6.07, 6.45) is 7.94. The summed E-state index contributed by atoms with van der Waals surface area (Å²) in [4.78, 5) is 17.7. The Hall–Kier alpha value is -1.07. The molecule has 2 aliphatic rings. The number of likely N-dealkylation sites (tertiary alicyclic amines) is 2. The zero-order valence-electron chi connectivity index (χ0n) is 13.6. The van der Waals surface area contributed by atoms with Gasteiger partial charge in [0.2, 0.25) is 5.91 Å². The van der Waals surface area contributed by atoms with Gasteiger partial charge in [-0.2, -0.15) is 5.10 Å². The molecule has 6 heteroatoms. The molecule has 3 heterocycles. The summed E-state index contributed by atoms with van der Waals surface area (Å²) in [5.74, 6) is 0.148. The maximum absolute atomic E-state index is 13.2. The summed E-state index contributed by atoms with van der Waals surface area (Å²) < 4.78 is 1.69. The molecule has 0 spiro atoms. The van der Waals surface area contributed by atoms with Crippen LogP contribution in [0, 0.1) is 0 Å². The van der Waals surface area contributed by atoms with Gasteiger partial charge in [-0.05, 0) is 53.1 Å². The summed E-state index contributed by atoms with van der Waals surface area (Å²) in [6.45, 7) is 5.84. The Kier molecular flexibility index (Phi) is 4.21. The van der Waals surface area contributed by atoms with Crippen LogP contribution in [0.4, 0.5) is 0 Å². The van der Waals surface area contributed by atoms with Crippen LogP contribution in [0.25, 0.3) is 0 Å². The Morgan fingerprint density at radius 3 is 2.55 bits per heavy atom. The van der Waals surface area contributed by atoms with E-state index in [1.165, 1.54) is 12.8 Å². The molecule has 2 atom stereocenters. The van der Waals surface area contributed by atoms with E-state index in [-0.39, 0.29) is 5.91 Å². The molecule has 0 bridgehead atoms. The smallest absolute Gasteiger partial charge is 0.250 e. The highest BCUT2D eigenvalue weighted by Gasteiger charge is 2.43. The first-order chi connectivity index (χ1) is 10.4. The van der Waals surface area contributed by atoms with E-state index >= 15 is 0 Å². The molecule has 122 valence electrons. The highest BCUT2D eigenvalue weighted by molar-refractivity contribution is 6.30. The minimum atomic E-state index is -0.701. The number of halogens is 1. The van der Waals surface area contributed by atoms with Crippen LogP contribution < -0.4 is 0 Å². The summed E-state index contributed by atoms with van der Waals surface area (Å²) in [5, 5.41) is 4.81. The van der Waals surface area contributed by atoms with Crippen LogP contribution >= 0.6 is 11.6 Å². The van der Waals surface area contributed by atoms with Crippen LogP contribution in [0.5, 0.6) is 0 Å². The maximum Gasteiger partial charge on any atom is 0.250 e. The van der Waals surface area contributed by atoms with E-state index in [2.05, 4.69) is 21.9 Å². The highest BCUT2D eigenvalue weighted by atomic mass is 35.5. The lowest BCUT2D eigenvalue weighted by molar-refractivity contribution is -0.141. The van der Waals surface area contributed by atoms with Gasteiger partial charge >= 0.3 is 0 Å². The fourth-order valence-corrected chi connectivity index (χ4v) is 4.06. The van der Waals surface area contributed by atoms with Crippen molar-refractivity contribution < 1.29 is 4.79 Å². The molecular formula is C16H25ClN4O. The number of aromatic nitrogens is 2. The molecule has 2 unspecified atom stereocenters. The van der Waals surface area contributed by atoms with Crippen molar-refractivity contribution in [2.45, 2.75) is 57.2 Å². The summed E-state index contributed by atoms with van der Waals surface area (Å²) in [6, 6.07) is 0.841. The second-order valence-corrected chi connectivity index (χ2v) is 7.50. The SMILES string of the molecule is CN1CCCC1C1CCCN1C(=O)C(C)(C)n1cc(Cl)cn1. The van der Waals surface area contributed by atoms with Crippen molar-refractivity contribution >= 4 is 17.5 Å². The van der Waals surface area contributed by atoms with E-state index in [0.717, 1.165) is 25.9 Å². The van der Waals surface area contributed by atoms with Gasteiger partial charge in [-0.3, -0.25) is 9.48 Å². The topological polar surface area (TPSA) is 41.4 Å². The Labute approximate surface area is 137 Å². The van der Waals surface area contributed by atoms with Crippen molar-refractivity contribution in [3.8, 4) is 0 Å². The monoisotopic (exact) mass is 324 g/mol. The number of rotatable bonds is 3. The second-order valence-electron chi connectivity index (χ2n) is 7.06. The minimum absolute atomic E-state index is 0.148. The van der Waals surface area contributed by atoms with Crippen LogP contribution in [0.15, 0.2) is 12.4 Å². The number of nitrogens with zero attached hydrogens (tertiary/aromatic N) is 4. The molecule has 22 heavy (non-hydrogen) atoms. The number of carbonyl (C=O) groups excluding carboxylic acids is 1. The van der Waals surface area contributed by atoms with Gasteiger partial charge in [0.05, 0.1) is 11.2 Å². The van der Waals surface area contributed by atoms with E-state index in [0.29, 0.717) is 17.1 Å². The van der Waals surface area contributed by atoms with E-state index < -0.39 is 5.54 Å². The fraction of sp³-hybridized carbons (Fsp3) is 0.750. The van der Waals surface area contributed by atoms with Gasteiger partial charge in [0.1, 0.15) is 5.54 Å². The molecule has 2 aliphatic heterocycles. The van der Waals surface area contributed by atoms with Gasteiger partial charge in [0, 0.05) is 24.8 Å². The molecule has 0 aliphatic carbocycles. The minimum Gasteiger partial charge on any atom is -0.336 e. The lowest BCUT2D eigenvalue weighted by Crippen LogP contribution is -2.53. The standard InChI is InChI=1S/C16H25ClN4O/c1-16(2,21-11-12(17)10-18-21)15(22)20-9-5-7-14(20)13-6-4-8-19(13)3/h10-11,13-14H,4-9H2,1-3H3. The summed E-state index contributed by atoms with van der Waals surface area (Å²) in [7, 11) is 2.18. The molecule has 1 amide bonds. The predicted molar refractivity (Wildman–Crippen MR) is 86.9 cm³/mol. The molecule has 0 N–H and O–H groups in total. The third-order valence-electron chi connectivity index (χ3n) is 5.23. The number of hydrogen-bond donors (Lipinski definition) is 0. The zero-order valence-corrected chi connectivity index (χ0v) is 14.4. The number of amides is 1. The van der Waals surface area contributed by atoms with Crippen LogP contribution in [0.2, 0.25) is 5.02 Å². The first kappa shape index (κ1) is 15.8.